The van der Waals surface area contributed by atoms with Gasteiger partial charge in [0, 0.05) is 29.8 Å². The highest BCUT2D eigenvalue weighted by Gasteiger charge is 2.39. The molecule has 3 N–H and O–H groups in total. The number of nitrogens with one attached hydrogen (secondary N) is 3. The second kappa shape index (κ2) is 10.1. The second-order valence-electron chi connectivity index (χ2n) is 7.79. The summed E-state index contributed by atoms with van der Waals surface area (Å²) in [5.41, 5.74) is 1.18. The van der Waals surface area contributed by atoms with E-state index in [-0.39, 0.29) is 23.8 Å². The molecule has 1 aliphatic rings. The van der Waals surface area contributed by atoms with Gasteiger partial charge in [-0.2, -0.15) is 0 Å². The van der Waals surface area contributed by atoms with Gasteiger partial charge >= 0.3 is 6.09 Å². The Bertz CT molecular complexity index is 687. The van der Waals surface area contributed by atoms with E-state index in [0.29, 0.717) is 36.2 Å². The Morgan fingerprint density at radius 1 is 1.18 bits per heavy atom. The van der Waals surface area contributed by atoms with Gasteiger partial charge in [-0.15, -0.1) is 0 Å². The molecule has 28 heavy (non-hydrogen) atoms. The first-order valence-electron chi connectivity index (χ1n) is 9.92. The van der Waals surface area contributed by atoms with Gasteiger partial charge in [-0.1, -0.05) is 20.8 Å². The Hall–Kier alpha value is -2.57. The van der Waals surface area contributed by atoms with E-state index in [1.807, 2.05) is 0 Å². The molecular formula is C21H31N3O4. The fourth-order valence-corrected chi connectivity index (χ4v) is 3.05. The monoisotopic (exact) mass is 389 g/mol. The van der Waals surface area contributed by atoms with E-state index in [2.05, 4.69) is 36.7 Å². The summed E-state index contributed by atoms with van der Waals surface area (Å²) in [7, 11) is 0. The number of carbonyl (C=O) groups is 3. The summed E-state index contributed by atoms with van der Waals surface area (Å²) in [5.74, 6) is 0.722. The van der Waals surface area contributed by atoms with Crippen LogP contribution in [0.1, 0.15) is 50.9 Å². The number of amides is 3. The minimum atomic E-state index is -0.479. The minimum Gasteiger partial charge on any atom is -0.450 e. The van der Waals surface area contributed by atoms with Crippen LogP contribution in [0.4, 0.5) is 10.5 Å². The molecule has 0 spiro atoms. The predicted octanol–water partition coefficient (Wildman–Crippen LogP) is 3.17. The van der Waals surface area contributed by atoms with Crippen LogP contribution in [0.15, 0.2) is 24.3 Å². The third kappa shape index (κ3) is 6.87. The van der Waals surface area contributed by atoms with Crippen LogP contribution in [0.5, 0.6) is 0 Å². The zero-order chi connectivity index (χ0) is 20.7. The molecule has 7 nitrogen and oxygen atoms in total. The number of carbonyl (C=O) groups excluding carboxylic acids is 3. The van der Waals surface area contributed by atoms with Crippen molar-refractivity contribution < 1.29 is 19.1 Å². The van der Waals surface area contributed by atoms with Crippen molar-refractivity contribution in [1.29, 1.82) is 0 Å². The summed E-state index contributed by atoms with van der Waals surface area (Å²) in [6.45, 7) is 8.52. The average molecular weight is 389 g/mol. The van der Waals surface area contributed by atoms with Crippen molar-refractivity contribution in [2.24, 2.45) is 17.8 Å². The average Bonchev–Trinajstić information content (AvgIpc) is 3.36. The summed E-state index contributed by atoms with van der Waals surface area (Å²) in [6.07, 6.45) is 1.18. The Kier molecular flexibility index (Phi) is 7.84. The summed E-state index contributed by atoms with van der Waals surface area (Å²) in [6, 6.07) is 6.60. The third-order valence-electron chi connectivity index (χ3n) is 4.72. The Morgan fingerprint density at radius 2 is 1.82 bits per heavy atom. The van der Waals surface area contributed by atoms with Crippen LogP contribution in [0, 0.1) is 17.8 Å². The van der Waals surface area contributed by atoms with Crippen molar-refractivity contribution in [2.75, 3.05) is 18.5 Å². The largest absolute Gasteiger partial charge is 0.450 e. The molecule has 0 heterocycles. The van der Waals surface area contributed by atoms with Crippen molar-refractivity contribution in [3.63, 3.8) is 0 Å². The Balaban J connectivity index is 1.85. The van der Waals surface area contributed by atoms with Crippen LogP contribution in [0.3, 0.4) is 0 Å². The van der Waals surface area contributed by atoms with Gasteiger partial charge in [0.25, 0.3) is 5.91 Å². The summed E-state index contributed by atoms with van der Waals surface area (Å²) < 4.78 is 4.92. The zero-order valence-electron chi connectivity index (χ0n) is 17.1. The van der Waals surface area contributed by atoms with Gasteiger partial charge < -0.3 is 20.7 Å². The normalized spacial score (nSPS) is 18.9. The maximum atomic E-state index is 12.4. The van der Waals surface area contributed by atoms with E-state index >= 15 is 0 Å². The maximum Gasteiger partial charge on any atom is 0.407 e. The first kappa shape index (κ1) is 21.7. The van der Waals surface area contributed by atoms with Crippen LogP contribution in [0.2, 0.25) is 0 Å². The van der Waals surface area contributed by atoms with Crippen LogP contribution in [-0.2, 0) is 9.53 Å². The number of anilines is 1. The van der Waals surface area contributed by atoms with Crippen molar-refractivity contribution in [3.8, 4) is 0 Å². The molecule has 0 radical (unpaired) electrons. The van der Waals surface area contributed by atoms with E-state index < -0.39 is 6.09 Å². The lowest BCUT2D eigenvalue weighted by Crippen LogP contribution is -2.44. The standard InChI is InChI=1S/C21H31N3O4/c1-5-28-21(27)24-17(10-13(2)3)12-22-19(25)15-6-8-16(9-7-15)23-20(26)18-11-14(18)4/h6-9,13-14,17-18H,5,10-12H2,1-4H3,(H,22,25)(H,23,26)(H,24,27). The fraction of sp³-hybridized carbons (Fsp3) is 0.571. The number of hydrogen-bond donors (Lipinski definition) is 3. The molecular weight excluding hydrogens is 358 g/mol. The summed E-state index contributed by atoms with van der Waals surface area (Å²) in [5, 5.41) is 8.51. The third-order valence-corrected chi connectivity index (χ3v) is 4.72. The second-order valence-corrected chi connectivity index (χ2v) is 7.79. The molecule has 0 aliphatic heterocycles. The molecule has 2 rings (SSSR count). The molecule has 1 fully saturated rings. The molecule has 7 heteroatoms. The Morgan fingerprint density at radius 3 is 2.36 bits per heavy atom. The topological polar surface area (TPSA) is 96.5 Å². The van der Waals surface area contributed by atoms with E-state index in [1.165, 1.54) is 0 Å². The van der Waals surface area contributed by atoms with Crippen LogP contribution >= 0.6 is 0 Å². The van der Waals surface area contributed by atoms with Gasteiger partial charge in [-0.3, -0.25) is 9.59 Å². The van der Waals surface area contributed by atoms with Crippen LogP contribution < -0.4 is 16.0 Å². The number of ether oxygens (including phenoxy) is 1. The van der Waals surface area contributed by atoms with E-state index in [9.17, 15) is 14.4 Å². The number of hydrogen-bond acceptors (Lipinski definition) is 4. The van der Waals surface area contributed by atoms with Crippen molar-refractivity contribution in [2.45, 2.75) is 46.6 Å². The van der Waals surface area contributed by atoms with Gasteiger partial charge in [0.2, 0.25) is 5.91 Å². The summed E-state index contributed by atoms with van der Waals surface area (Å²) in [4.78, 5) is 36.0. The van der Waals surface area contributed by atoms with E-state index in [1.54, 1.807) is 31.2 Å². The zero-order valence-corrected chi connectivity index (χ0v) is 17.1. The van der Waals surface area contributed by atoms with Gasteiger partial charge in [-0.05, 0) is 55.9 Å². The molecule has 154 valence electrons. The molecule has 0 aromatic heterocycles. The van der Waals surface area contributed by atoms with E-state index in [0.717, 1.165) is 12.8 Å². The minimum absolute atomic E-state index is 0.0336. The van der Waals surface area contributed by atoms with E-state index in [4.69, 9.17) is 4.74 Å². The number of benzene rings is 1. The lowest BCUT2D eigenvalue weighted by molar-refractivity contribution is -0.117. The highest BCUT2D eigenvalue weighted by Crippen LogP contribution is 2.38. The lowest BCUT2D eigenvalue weighted by Gasteiger charge is -2.20. The summed E-state index contributed by atoms with van der Waals surface area (Å²) >= 11 is 0. The van der Waals surface area contributed by atoms with Crippen molar-refractivity contribution in [1.82, 2.24) is 10.6 Å². The van der Waals surface area contributed by atoms with Gasteiger partial charge in [0.1, 0.15) is 0 Å². The number of rotatable bonds is 9. The van der Waals surface area contributed by atoms with Crippen molar-refractivity contribution >= 4 is 23.6 Å². The lowest BCUT2D eigenvalue weighted by atomic mass is 10.0. The fourth-order valence-electron chi connectivity index (χ4n) is 3.05. The first-order valence-corrected chi connectivity index (χ1v) is 9.92. The molecule has 1 saturated carbocycles. The maximum absolute atomic E-state index is 12.4. The number of alkyl carbamates (subject to hydrolysis) is 1. The van der Waals surface area contributed by atoms with Gasteiger partial charge in [0.05, 0.1) is 6.61 Å². The predicted molar refractivity (Wildman–Crippen MR) is 108 cm³/mol. The molecule has 0 bridgehead atoms. The molecule has 0 saturated heterocycles. The smallest absolute Gasteiger partial charge is 0.407 e. The van der Waals surface area contributed by atoms with Crippen molar-refractivity contribution in [3.05, 3.63) is 29.8 Å². The SMILES string of the molecule is CCOC(=O)NC(CNC(=O)c1ccc(NC(=O)C2CC2C)cc1)CC(C)C. The first-order chi connectivity index (χ1) is 13.3. The van der Waals surface area contributed by atoms with Crippen LogP contribution in [-0.4, -0.2) is 37.1 Å². The van der Waals surface area contributed by atoms with Gasteiger partial charge in [0.15, 0.2) is 0 Å². The Labute approximate surface area is 166 Å². The highest BCUT2D eigenvalue weighted by atomic mass is 16.5. The molecule has 3 atom stereocenters. The highest BCUT2D eigenvalue weighted by molar-refractivity contribution is 5.97. The van der Waals surface area contributed by atoms with Crippen LogP contribution in [0.25, 0.3) is 0 Å². The molecule has 1 aromatic rings. The van der Waals surface area contributed by atoms with Gasteiger partial charge in [-0.25, -0.2) is 4.79 Å². The molecule has 1 aliphatic carbocycles. The molecule has 1 aromatic carbocycles. The molecule has 3 amide bonds. The molecule has 3 unspecified atom stereocenters. The quantitative estimate of drug-likeness (QED) is 0.604.